The van der Waals surface area contributed by atoms with Crippen molar-refractivity contribution in [2.75, 3.05) is 19.7 Å². The summed E-state index contributed by atoms with van der Waals surface area (Å²) >= 11 is 0. The molecule has 4 nitrogen and oxygen atoms in total. The van der Waals surface area contributed by atoms with Gasteiger partial charge in [-0.3, -0.25) is 4.90 Å². The molecule has 1 fully saturated rings. The minimum absolute atomic E-state index is 0.402. The van der Waals surface area contributed by atoms with Gasteiger partial charge >= 0.3 is 0 Å². The molecule has 0 bridgehead atoms. The first-order valence-electron chi connectivity index (χ1n) is 8.78. The molecule has 1 unspecified atom stereocenters. The summed E-state index contributed by atoms with van der Waals surface area (Å²) in [5.41, 5.74) is 2.37. The Bertz CT molecular complexity index is 575. The van der Waals surface area contributed by atoms with Crippen LogP contribution in [0.1, 0.15) is 38.2 Å². The summed E-state index contributed by atoms with van der Waals surface area (Å²) in [6.07, 6.45) is 9.41. The largest absolute Gasteiger partial charge is 0.377 e. The molecule has 4 heteroatoms. The van der Waals surface area contributed by atoms with Crippen molar-refractivity contribution in [3.8, 4) is 5.69 Å². The fourth-order valence-corrected chi connectivity index (χ4v) is 3.21. The molecule has 0 amide bonds. The van der Waals surface area contributed by atoms with Gasteiger partial charge in [-0.05, 0) is 44.4 Å². The van der Waals surface area contributed by atoms with Gasteiger partial charge in [0.25, 0.3) is 0 Å². The predicted molar refractivity (Wildman–Crippen MR) is 92.7 cm³/mol. The molecule has 1 aliphatic heterocycles. The van der Waals surface area contributed by atoms with E-state index in [-0.39, 0.29) is 0 Å². The second-order valence-electron chi connectivity index (χ2n) is 6.35. The van der Waals surface area contributed by atoms with Crippen LogP contribution in [0.15, 0.2) is 42.7 Å². The molecule has 2 heterocycles. The van der Waals surface area contributed by atoms with E-state index in [1.165, 1.54) is 31.2 Å². The lowest BCUT2D eigenvalue weighted by Gasteiger charge is -2.29. The monoisotopic (exact) mass is 313 g/mol. The zero-order chi connectivity index (χ0) is 15.9. The summed E-state index contributed by atoms with van der Waals surface area (Å²) < 4.78 is 7.86. The van der Waals surface area contributed by atoms with E-state index in [0.717, 1.165) is 31.9 Å². The van der Waals surface area contributed by atoms with Gasteiger partial charge in [-0.1, -0.05) is 25.1 Å². The van der Waals surface area contributed by atoms with Crippen molar-refractivity contribution < 1.29 is 4.74 Å². The van der Waals surface area contributed by atoms with E-state index in [0.29, 0.717) is 6.10 Å². The molecule has 3 rings (SSSR count). The van der Waals surface area contributed by atoms with Crippen LogP contribution in [0.5, 0.6) is 0 Å². The number of nitrogens with zero attached hydrogens (tertiary/aromatic N) is 3. The molecular formula is C19H27N3O. The first kappa shape index (κ1) is 16.2. The van der Waals surface area contributed by atoms with Gasteiger partial charge in [-0.15, -0.1) is 0 Å². The molecule has 1 atom stereocenters. The van der Waals surface area contributed by atoms with Crippen molar-refractivity contribution >= 4 is 0 Å². The maximum Gasteiger partial charge on any atom is 0.0702 e. The van der Waals surface area contributed by atoms with Gasteiger partial charge in [0, 0.05) is 31.5 Å². The number of hydrogen-bond acceptors (Lipinski definition) is 3. The molecule has 1 aromatic heterocycles. The van der Waals surface area contributed by atoms with E-state index in [4.69, 9.17) is 4.74 Å². The van der Waals surface area contributed by atoms with Gasteiger partial charge in [0.2, 0.25) is 0 Å². The summed E-state index contributed by atoms with van der Waals surface area (Å²) in [4.78, 5) is 2.50. The van der Waals surface area contributed by atoms with Crippen LogP contribution in [-0.4, -0.2) is 40.5 Å². The normalized spacial score (nSPS) is 18.4. The number of benzene rings is 1. The van der Waals surface area contributed by atoms with Crippen LogP contribution in [0.4, 0.5) is 0 Å². The van der Waals surface area contributed by atoms with Gasteiger partial charge in [0.05, 0.1) is 18.0 Å². The Kier molecular flexibility index (Phi) is 5.83. The van der Waals surface area contributed by atoms with Crippen molar-refractivity contribution in [3.05, 3.63) is 48.3 Å². The fraction of sp³-hybridized carbons (Fsp3) is 0.526. The van der Waals surface area contributed by atoms with Gasteiger partial charge in [0.15, 0.2) is 0 Å². The summed E-state index contributed by atoms with van der Waals surface area (Å²) in [6, 6.07) is 10.3. The number of para-hydroxylation sites is 1. The summed E-state index contributed by atoms with van der Waals surface area (Å²) in [5.74, 6) is 0. The van der Waals surface area contributed by atoms with Gasteiger partial charge in [-0.25, -0.2) is 4.68 Å². The molecule has 0 N–H and O–H groups in total. The number of rotatable bonds is 7. The van der Waals surface area contributed by atoms with Gasteiger partial charge < -0.3 is 4.74 Å². The molecule has 23 heavy (non-hydrogen) atoms. The molecular weight excluding hydrogens is 286 g/mol. The Labute approximate surface area is 139 Å². The van der Waals surface area contributed by atoms with Crippen molar-refractivity contribution in [1.82, 2.24) is 14.7 Å². The highest BCUT2D eigenvalue weighted by atomic mass is 16.5. The Morgan fingerprint density at radius 1 is 1.26 bits per heavy atom. The number of aromatic nitrogens is 2. The first-order valence-corrected chi connectivity index (χ1v) is 8.78. The molecule has 2 aromatic rings. The lowest BCUT2D eigenvalue weighted by atomic mass is 10.1. The summed E-state index contributed by atoms with van der Waals surface area (Å²) in [5, 5.41) is 4.51. The predicted octanol–water partition coefficient (Wildman–Crippen LogP) is 3.65. The molecule has 0 aliphatic carbocycles. The maximum absolute atomic E-state index is 5.90. The van der Waals surface area contributed by atoms with Crippen molar-refractivity contribution in [1.29, 1.82) is 0 Å². The third-order valence-electron chi connectivity index (χ3n) is 4.34. The zero-order valence-electron chi connectivity index (χ0n) is 14.0. The van der Waals surface area contributed by atoms with Crippen LogP contribution in [0, 0.1) is 0 Å². The zero-order valence-corrected chi connectivity index (χ0v) is 14.0. The standard InChI is InChI=1S/C19H27N3O/c1-2-11-21(16-19-10-6-7-12-23-19)14-17-13-20-22(15-17)18-8-4-3-5-9-18/h3-5,8-9,13,15,19H,2,6-7,10-12,14,16H2,1H3. The molecule has 1 aliphatic rings. The van der Waals surface area contributed by atoms with Crippen LogP contribution in [0.3, 0.4) is 0 Å². The summed E-state index contributed by atoms with van der Waals surface area (Å²) in [6.45, 7) is 6.25. The molecule has 1 saturated heterocycles. The highest BCUT2D eigenvalue weighted by Gasteiger charge is 2.18. The van der Waals surface area contributed by atoms with Crippen molar-refractivity contribution in [2.45, 2.75) is 45.3 Å². The van der Waals surface area contributed by atoms with Crippen LogP contribution in [0.2, 0.25) is 0 Å². The van der Waals surface area contributed by atoms with Crippen molar-refractivity contribution in [3.63, 3.8) is 0 Å². The number of ether oxygens (including phenoxy) is 1. The highest BCUT2D eigenvalue weighted by molar-refractivity contribution is 5.30. The minimum atomic E-state index is 0.402. The average Bonchev–Trinajstić information content (AvgIpc) is 3.05. The molecule has 124 valence electrons. The van der Waals surface area contributed by atoms with E-state index in [2.05, 4.69) is 35.3 Å². The topological polar surface area (TPSA) is 30.3 Å². The Morgan fingerprint density at radius 3 is 2.87 bits per heavy atom. The molecule has 1 aromatic carbocycles. The second kappa shape index (κ2) is 8.27. The fourth-order valence-electron chi connectivity index (χ4n) is 3.21. The smallest absolute Gasteiger partial charge is 0.0702 e. The number of hydrogen-bond donors (Lipinski definition) is 0. The van der Waals surface area contributed by atoms with Gasteiger partial charge in [0.1, 0.15) is 0 Å². The van der Waals surface area contributed by atoms with E-state index in [1.54, 1.807) is 0 Å². The van der Waals surface area contributed by atoms with Crippen LogP contribution in [0.25, 0.3) is 5.69 Å². The lowest BCUT2D eigenvalue weighted by molar-refractivity contribution is -0.00713. The Morgan fingerprint density at radius 2 is 2.13 bits per heavy atom. The molecule has 0 radical (unpaired) electrons. The third-order valence-corrected chi connectivity index (χ3v) is 4.34. The average molecular weight is 313 g/mol. The summed E-state index contributed by atoms with van der Waals surface area (Å²) in [7, 11) is 0. The molecule has 0 saturated carbocycles. The third kappa shape index (κ3) is 4.66. The first-order chi connectivity index (χ1) is 11.3. The Hall–Kier alpha value is -1.65. The van der Waals surface area contributed by atoms with Gasteiger partial charge in [-0.2, -0.15) is 5.10 Å². The second-order valence-corrected chi connectivity index (χ2v) is 6.35. The maximum atomic E-state index is 5.90. The van der Waals surface area contributed by atoms with E-state index in [9.17, 15) is 0 Å². The SMILES string of the molecule is CCCN(Cc1cnn(-c2ccccc2)c1)CC1CCCCO1. The van der Waals surface area contributed by atoms with E-state index < -0.39 is 0 Å². The Balaban J connectivity index is 1.62. The highest BCUT2D eigenvalue weighted by Crippen LogP contribution is 2.16. The molecule has 0 spiro atoms. The lowest BCUT2D eigenvalue weighted by Crippen LogP contribution is -2.35. The van der Waals surface area contributed by atoms with Crippen molar-refractivity contribution in [2.24, 2.45) is 0 Å². The minimum Gasteiger partial charge on any atom is -0.377 e. The quantitative estimate of drug-likeness (QED) is 0.781. The van der Waals surface area contributed by atoms with Crippen LogP contribution in [-0.2, 0) is 11.3 Å². The van der Waals surface area contributed by atoms with Crippen LogP contribution < -0.4 is 0 Å². The van der Waals surface area contributed by atoms with Crippen LogP contribution >= 0.6 is 0 Å². The van der Waals surface area contributed by atoms with E-state index >= 15 is 0 Å². The van der Waals surface area contributed by atoms with E-state index in [1.807, 2.05) is 29.1 Å².